The molecule has 0 bridgehead atoms. The van der Waals surface area contributed by atoms with Gasteiger partial charge in [-0.3, -0.25) is 0 Å². The van der Waals surface area contributed by atoms with E-state index >= 15 is 0 Å². The van der Waals surface area contributed by atoms with E-state index in [9.17, 15) is 18.0 Å². The number of aromatic nitrogens is 3. The third kappa shape index (κ3) is 6.93. The lowest BCUT2D eigenvalue weighted by molar-refractivity contribution is 0.0697. The molecule has 0 unspecified atom stereocenters. The fraction of sp³-hybridized carbons (Fsp3) is 0.148. The predicted octanol–water partition coefficient (Wildman–Crippen LogP) is 3.52. The van der Waals surface area contributed by atoms with Gasteiger partial charge >= 0.3 is 12.0 Å². The Balaban J connectivity index is 1.35. The molecule has 210 valence electrons. The summed E-state index contributed by atoms with van der Waals surface area (Å²) in [6, 6.07) is 19.8. The molecule has 2 amide bonds. The number of rotatable bonds is 8. The van der Waals surface area contributed by atoms with Crippen LogP contribution in [0.15, 0.2) is 83.8 Å². The number of anilines is 4. The molecule has 1 aliphatic rings. The highest BCUT2D eigenvalue weighted by Crippen LogP contribution is 2.24. The van der Waals surface area contributed by atoms with Crippen molar-refractivity contribution in [1.29, 1.82) is 0 Å². The molecule has 0 spiro atoms. The van der Waals surface area contributed by atoms with Gasteiger partial charge in [0.15, 0.2) is 5.82 Å². The third-order valence-corrected chi connectivity index (χ3v) is 7.33. The van der Waals surface area contributed by atoms with Crippen LogP contribution >= 0.6 is 0 Å². The van der Waals surface area contributed by atoms with E-state index in [-0.39, 0.29) is 22.2 Å². The van der Waals surface area contributed by atoms with Crippen LogP contribution in [0.1, 0.15) is 10.4 Å². The van der Waals surface area contributed by atoms with Crippen LogP contribution in [-0.4, -0.2) is 66.8 Å². The first-order chi connectivity index (χ1) is 19.8. The second-order valence-electron chi connectivity index (χ2n) is 8.84. The van der Waals surface area contributed by atoms with Crippen molar-refractivity contribution >= 4 is 45.3 Å². The molecule has 1 saturated heterocycles. The Morgan fingerprint density at radius 3 is 2.02 bits per heavy atom. The molecule has 4 N–H and O–H groups in total. The van der Waals surface area contributed by atoms with Crippen LogP contribution in [0.3, 0.4) is 0 Å². The first-order valence-corrected chi connectivity index (χ1v) is 13.9. The number of ether oxygens (including phenoxy) is 1. The highest BCUT2D eigenvalue weighted by atomic mass is 32.2. The maximum atomic E-state index is 12.9. The summed E-state index contributed by atoms with van der Waals surface area (Å²) in [5, 5.41) is 14.3. The number of urea groups is 1. The number of carboxylic acid groups (broad SMARTS) is 1. The molecule has 13 nitrogen and oxygen atoms in total. The maximum Gasteiger partial charge on any atom is 0.335 e. The number of sulfonamides is 1. The van der Waals surface area contributed by atoms with Crippen LogP contribution in [0.2, 0.25) is 0 Å². The molecule has 14 heteroatoms. The van der Waals surface area contributed by atoms with Crippen LogP contribution in [0.4, 0.5) is 28.1 Å². The molecule has 1 fully saturated rings. The third-order valence-electron chi connectivity index (χ3n) is 5.99. The number of nitrogens with zero attached hydrogens (tertiary/aromatic N) is 4. The smallest absolute Gasteiger partial charge is 0.335 e. The lowest BCUT2D eigenvalue weighted by atomic mass is 10.2. The largest absolute Gasteiger partial charge is 0.478 e. The normalized spacial score (nSPS) is 13.3. The summed E-state index contributed by atoms with van der Waals surface area (Å²) in [4.78, 5) is 38.7. The molecule has 5 rings (SSSR count). The standard InChI is InChI=1S/C27H25N7O6S/c35-24(36)19-8-12-21(13-9-19)29-27(37)28-20-10-6-18(7-11-20)23-30-25(32-26(31-23)34-14-16-40-17-15-34)33-41(38,39)22-4-2-1-3-5-22/h1-13H,14-17H2,(H,35,36)(H2,28,29,37)(H,30,31,32,33). The lowest BCUT2D eigenvalue weighted by Gasteiger charge is -2.27. The first kappa shape index (κ1) is 27.5. The van der Waals surface area contributed by atoms with E-state index in [1.807, 2.05) is 4.90 Å². The lowest BCUT2D eigenvalue weighted by Crippen LogP contribution is -2.37. The number of morpholine rings is 1. The summed E-state index contributed by atoms with van der Waals surface area (Å²) < 4.78 is 33.8. The van der Waals surface area contributed by atoms with E-state index in [0.29, 0.717) is 49.2 Å². The Morgan fingerprint density at radius 2 is 1.41 bits per heavy atom. The van der Waals surface area contributed by atoms with Gasteiger partial charge in [0.2, 0.25) is 11.9 Å². The van der Waals surface area contributed by atoms with Gasteiger partial charge in [0.05, 0.1) is 23.7 Å². The van der Waals surface area contributed by atoms with E-state index in [2.05, 4.69) is 30.3 Å². The summed E-state index contributed by atoms with van der Waals surface area (Å²) in [5.41, 5.74) is 1.58. The predicted molar refractivity (Wildman–Crippen MR) is 152 cm³/mol. The molecule has 0 saturated carbocycles. The Kier molecular flexibility index (Phi) is 8.03. The molecule has 1 aromatic heterocycles. The van der Waals surface area contributed by atoms with Crippen molar-refractivity contribution in [3.63, 3.8) is 0 Å². The summed E-state index contributed by atoms with van der Waals surface area (Å²) in [7, 11) is -3.94. The number of aromatic carboxylic acids is 1. The molecule has 2 heterocycles. The number of carbonyl (C=O) groups excluding carboxylic acids is 1. The Bertz CT molecular complexity index is 1640. The first-order valence-electron chi connectivity index (χ1n) is 12.5. The van der Waals surface area contributed by atoms with Gasteiger partial charge in [-0.15, -0.1) is 0 Å². The van der Waals surface area contributed by atoms with Gasteiger partial charge in [0, 0.05) is 30.0 Å². The minimum Gasteiger partial charge on any atom is -0.478 e. The topological polar surface area (TPSA) is 176 Å². The molecule has 3 aromatic carbocycles. The zero-order valence-electron chi connectivity index (χ0n) is 21.5. The molecule has 0 aliphatic carbocycles. The average molecular weight is 576 g/mol. The van der Waals surface area contributed by atoms with Gasteiger partial charge in [-0.2, -0.15) is 15.0 Å². The van der Waals surface area contributed by atoms with Crippen molar-refractivity contribution in [2.75, 3.05) is 46.6 Å². The van der Waals surface area contributed by atoms with Crippen LogP contribution in [0.25, 0.3) is 11.4 Å². The number of benzene rings is 3. The molecule has 1 aliphatic heterocycles. The number of nitrogens with one attached hydrogen (secondary N) is 3. The van der Waals surface area contributed by atoms with Crippen LogP contribution in [0, 0.1) is 0 Å². The monoisotopic (exact) mass is 575 g/mol. The maximum absolute atomic E-state index is 12.9. The quantitative estimate of drug-likeness (QED) is 0.243. The van der Waals surface area contributed by atoms with Gasteiger partial charge in [0.25, 0.3) is 10.0 Å². The van der Waals surface area contributed by atoms with Crippen molar-refractivity contribution in [2.24, 2.45) is 0 Å². The molecular weight excluding hydrogens is 550 g/mol. The van der Waals surface area contributed by atoms with Crippen molar-refractivity contribution < 1.29 is 27.9 Å². The zero-order valence-corrected chi connectivity index (χ0v) is 22.3. The zero-order chi connectivity index (χ0) is 28.8. The number of carboxylic acids is 1. The van der Waals surface area contributed by atoms with Crippen molar-refractivity contribution in [3.8, 4) is 11.4 Å². The van der Waals surface area contributed by atoms with E-state index in [1.165, 1.54) is 36.4 Å². The molecular formula is C27H25N7O6S. The van der Waals surface area contributed by atoms with Gasteiger partial charge in [-0.25, -0.2) is 22.7 Å². The van der Waals surface area contributed by atoms with E-state index in [4.69, 9.17) is 9.84 Å². The Hall–Kier alpha value is -5.08. The summed E-state index contributed by atoms with van der Waals surface area (Å²) >= 11 is 0. The van der Waals surface area contributed by atoms with Crippen LogP contribution < -0.4 is 20.3 Å². The van der Waals surface area contributed by atoms with E-state index in [1.54, 1.807) is 42.5 Å². The SMILES string of the molecule is O=C(Nc1ccc(C(=O)O)cc1)Nc1ccc(-c2nc(NS(=O)(=O)c3ccccc3)nc(N3CCOCC3)n2)cc1. The minimum absolute atomic E-state index is 0.0708. The summed E-state index contributed by atoms with van der Waals surface area (Å²) in [6.45, 7) is 2.03. The van der Waals surface area contributed by atoms with Crippen LogP contribution in [-0.2, 0) is 14.8 Å². The van der Waals surface area contributed by atoms with E-state index in [0.717, 1.165) is 0 Å². The second kappa shape index (κ2) is 12.0. The second-order valence-corrected chi connectivity index (χ2v) is 10.5. The number of hydrogen-bond donors (Lipinski definition) is 4. The van der Waals surface area contributed by atoms with Crippen molar-refractivity contribution in [1.82, 2.24) is 15.0 Å². The molecule has 4 aromatic rings. The summed E-state index contributed by atoms with van der Waals surface area (Å²) in [6.07, 6.45) is 0. The van der Waals surface area contributed by atoms with Crippen molar-refractivity contribution in [3.05, 3.63) is 84.4 Å². The van der Waals surface area contributed by atoms with Gasteiger partial charge in [-0.1, -0.05) is 18.2 Å². The number of carbonyl (C=O) groups is 2. The van der Waals surface area contributed by atoms with Gasteiger partial charge in [-0.05, 0) is 60.7 Å². The van der Waals surface area contributed by atoms with Crippen LogP contribution in [0.5, 0.6) is 0 Å². The molecule has 41 heavy (non-hydrogen) atoms. The Morgan fingerprint density at radius 1 is 0.805 bits per heavy atom. The van der Waals surface area contributed by atoms with Gasteiger partial charge in [0.1, 0.15) is 0 Å². The average Bonchev–Trinajstić information content (AvgIpc) is 2.98. The number of amides is 2. The fourth-order valence-electron chi connectivity index (χ4n) is 3.92. The minimum atomic E-state index is -3.94. The molecule has 0 atom stereocenters. The highest BCUT2D eigenvalue weighted by molar-refractivity contribution is 7.92. The van der Waals surface area contributed by atoms with E-state index < -0.39 is 22.0 Å². The van der Waals surface area contributed by atoms with Crippen molar-refractivity contribution in [2.45, 2.75) is 4.90 Å². The Labute approximate surface area is 235 Å². The summed E-state index contributed by atoms with van der Waals surface area (Å²) in [5.74, 6) is -0.644. The number of hydrogen-bond acceptors (Lipinski definition) is 9. The molecule has 0 radical (unpaired) electrons. The van der Waals surface area contributed by atoms with Gasteiger partial charge < -0.3 is 25.4 Å². The fourth-order valence-corrected chi connectivity index (χ4v) is 4.88. The highest BCUT2D eigenvalue weighted by Gasteiger charge is 2.21.